The van der Waals surface area contributed by atoms with Crippen molar-refractivity contribution in [2.75, 3.05) is 27.2 Å². The zero-order valence-corrected chi connectivity index (χ0v) is 19.8. The van der Waals surface area contributed by atoms with Crippen LogP contribution in [-0.2, 0) is 28.9 Å². The highest BCUT2D eigenvalue weighted by atomic mass is 16.2. The fourth-order valence-electron chi connectivity index (χ4n) is 4.77. The first-order valence-corrected chi connectivity index (χ1v) is 12.1. The van der Waals surface area contributed by atoms with E-state index in [0.29, 0.717) is 18.8 Å². The van der Waals surface area contributed by atoms with Crippen molar-refractivity contribution in [2.24, 2.45) is 5.92 Å². The molecule has 0 aliphatic carbocycles. The van der Waals surface area contributed by atoms with E-state index in [1.165, 1.54) is 22.1 Å². The van der Waals surface area contributed by atoms with Crippen LogP contribution in [0.5, 0.6) is 0 Å². The van der Waals surface area contributed by atoms with Crippen molar-refractivity contribution in [3.05, 3.63) is 71.4 Å². The quantitative estimate of drug-likeness (QED) is 0.551. The van der Waals surface area contributed by atoms with E-state index >= 15 is 0 Å². The molecule has 5 nitrogen and oxygen atoms in total. The molecule has 0 saturated carbocycles. The first-order valence-electron chi connectivity index (χ1n) is 12.1. The molecule has 1 aliphatic heterocycles. The molecule has 0 radical (unpaired) electrons. The van der Waals surface area contributed by atoms with E-state index in [0.717, 1.165) is 50.7 Å². The average molecular weight is 446 g/mol. The molecule has 5 heteroatoms. The lowest BCUT2D eigenvalue weighted by atomic mass is 9.89. The molecule has 0 atom stereocenters. The highest BCUT2D eigenvalue weighted by molar-refractivity contribution is 5.84. The van der Waals surface area contributed by atoms with Gasteiger partial charge in [-0.25, -0.2) is 0 Å². The van der Waals surface area contributed by atoms with Crippen LogP contribution >= 0.6 is 0 Å². The second-order valence-electron chi connectivity index (χ2n) is 9.49. The Labute approximate surface area is 196 Å². The number of H-pyrrole nitrogens is 1. The fourth-order valence-corrected chi connectivity index (χ4v) is 4.77. The summed E-state index contributed by atoms with van der Waals surface area (Å²) in [5.74, 6) is 1.07. The van der Waals surface area contributed by atoms with Crippen molar-refractivity contribution in [1.29, 1.82) is 0 Å². The number of carbonyl (C=O) groups is 2. The van der Waals surface area contributed by atoms with Gasteiger partial charge in [0, 0.05) is 57.1 Å². The molecule has 0 bridgehead atoms. The molecule has 2 heterocycles. The number of hydrogen-bond donors (Lipinski definition) is 1. The van der Waals surface area contributed by atoms with Crippen molar-refractivity contribution in [2.45, 2.75) is 44.9 Å². The summed E-state index contributed by atoms with van der Waals surface area (Å²) in [6.07, 6.45) is 7.94. The number of nitrogens with one attached hydrogen (secondary N) is 1. The van der Waals surface area contributed by atoms with Crippen molar-refractivity contribution in [3.63, 3.8) is 0 Å². The number of benzene rings is 2. The topological polar surface area (TPSA) is 56.4 Å². The maximum absolute atomic E-state index is 12.8. The summed E-state index contributed by atoms with van der Waals surface area (Å²) >= 11 is 0. The average Bonchev–Trinajstić information content (AvgIpc) is 3.25. The van der Waals surface area contributed by atoms with Crippen LogP contribution in [-0.4, -0.2) is 53.8 Å². The molecule has 1 saturated heterocycles. The van der Waals surface area contributed by atoms with Gasteiger partial charge in [0.05, 0.1) is 0 Å². The molecule has 1 aliphatic rings. The van der Waals surface area contributed by atoms with Crippen LogP contribution in [0.1, 0.15) is 42.4 Å². The zero-order chi connectivity index (χ0) is 23.2. The summed E-state index contributed by atoms with van der Waals surface area (Å²) in [5.41, 5.74) is 4.92. The number of hydrogen-bond acceptors (Lipinski definition) is 2. The molecule has 0 unspecified atom stereocenters. The number of fused-ring (bicyclic) bond motifs is 1. The Morgan fingerprint density at radius 2 is 1.64 bits per heavy atom. The minimum atomic E-state index is 0.168. The molecular formula is C28H35N3O2. The normalized spacial score (nSPS) is 14.5. The van der Waals surface area contributed by atoms with Crippen LogP contribution in [0, 0.1) is 5.92 Å². The smallest absolute Gasteiger partial charge is 0.222 e. The highest BCUT2D eigenvalue weighted by Crippen LogP contribution is 2.24. The van der Waals surface area contributed by atoms with Gasteiger partial charge in [0.15, 0.2) is 0 Å². The van der Waals surface area contributed by atoms with Crippen molar-refractivity contribution in [3.8, 4) is 0 Å². The summed E-state index contributed by atoms with van der Waals surface area (Å²) in [5, 5.41) is 1.22. The van der Waals surface area contributed by atoms with Gasteiger partial charge < -0.3 is 14.8 Å². The van der Waals surface area contributed by atoms with Gasteiger partial charge in [0.2, 0.25) is 11.8 Å². The lowest BCUT2D eigenvalue weighted by Crippen LogP contribution is -2.39. The van der Waals surface area contributed by atoms with Gasteiger partial charge in [-0.15, -0.1) is 0 Å². The Morgan fingerprint density at radius 3 is 2.36 bits per heavy atom. The van der Waals surface area contributed by atoms with Gasteiger partial charge in [0.1, 0.15) is 0 Å². The molecule has 4 rings (SSSR count). The molecule has 2 amide bonds. The molecule has 174 valence electrons. The number of aromatic nitrogens is 1. The third kappa shape index (κ3) is 6.04. The highest BCUT2D eigenvalue weighted by Gasteiger charge is 2.23. The lowest BCUT2D eigenvalue weighted by Gasteiger charge is -2.32. The lowest BCUT2D eigenvalue weighted by molar-refractivity contribution is -0.132. The second kappa shape index (κ2) is 10.7. The van der Waals surface area contributed by atoms with Gasteiger partial charge in [-0.2, -0.15) is 0 Å². The monoisotopic (exact) mass is 445 g/mol. The number of aryl methyl sites for hydroxylation is 2. The van der Waals surface area contributed by atoms with E-state index in [4.69, 9.17) is 0 Å². The van der Waals surface area contributed by atoms with Crippen LogP contribution < -0.4 is 0 Å². The number of rotatable bonds is 8. The van der Waals surface area contributed by atoms with Crippen molar-refractivity contribution in [1.82, 2.24) is 14.8 Å². The predicted molar refractivity (Wildman–Crippen MR) is 133 cm³/mol. The maximum atomic E-state index is 12.8. The fraction of sp³-hybridized carbons (Fsp3) is 0.429. The van der Waals surface area contributed by atoms with E-state index in [1.807, 2.05) is 18.3 Å². The standard InChI is InChI=1S/C28H35N3O2/c1-30(2)27(32)13-11-21-7-9-22(10-8-21)19-23-15-17-31(18-16-23)28(33)14-12-24-20-29-26-6-4-3-5-25(24)26/h3-10,20,23,29H,11-19H2,1-2H3. The maximum Gasteiger partial charge on any atom is 0.222 e. The molecule has 1 fully saturated rings. The number of aromatic amines is 1. The third-order valence-electron chi connectivity index (χ3n) is 6.92. The number of amides is 2. The summed E-state index contributed by atoms with van der Waals surface area (Å²) in [6.45, 7) is 1.73. The minimum absolute atomic E-state index is 0.168. The number of piperidine rings is 1. The molecule has 1 aromatic heterocycles. The molecule has 33 heavy (non-hydrogen) atoms. The first kappa shape index (κ1) is 23.1. The van der Waals surface area contributed by atoms with Crippen molar-refractivity contribution < 1.29 is 9.59 Å². The van der Waals surface area contributed by atoms with E-state index in [2.05, 4.69) is 46.3 Å². The van der Waals surface area contributed by atoms with Crippen molar-refractivity contribution >= 4 is 22.7 Å². The molecule has 1 N–H and O–H groups in total. The Balaban J connectivity index is 1.20. The van der Waals surface area contributed by atoms with Gasteiger partial charge in [-0.3, -0.25) is 9.59 Å². The van der Waals surface area contributed by atoms with E-state index in [9.17, 15) is 9.59 Å². The van der Waals surface area contributed by atoms with E-state index in [1.54, 1.807) is 19.0 Å². The number of carbonyl (C=O) groups excluding carboxylic acids is 2. The largest absolute Gasteiger partial charge is 0.361 e. The number of para-hydroxylation sites is 1. The van der Waals surface area contributed by atoms with Crippen LogP contribution in [0.4, 0.5) is 0 Å². The summed E-state index contributed by atoms with van der Waals surface area (Å²) < 4.78 is 0. The van der Waals surface area contributed by atoms with Gasteiger partial charge in [-0.05, 0) is 60.8 Å². The van der Waals surface area contributed by atoms with Gasteiger partial charge in [0.25, 0.3) is 0 Å². The summed E-state index contributed by atoms with van der Waals surface area (Å²) in [6, 6.07) is 17.0. The molecule has 0 spiro atoms. The SMILES string of the molecule is CN(C)C(=O)CCc1ccc(CC2CCN(C(=O)CCc3c[nH]c4ccccc34)CC2)cc1. The summed E-state index contributed by atoms with van der Waals surface area (Å²) in [7, 11) is 3.60. The van der Waals surface area contributed by atoms with Gasteiger partial charge >= 0.3 is 0 Å². The zero-order valence-electron chi connectivity index (χ0n) is 19.8. The first-order chi connectivity index (χ1) is 16.0. The predicted octanol–water partition coefficient (Wildman–Crippen LogP) is 4.60. The van der Waals surface area contributed by atoms with E-state index < -0.39 is 0 Å². The Kier molecular flexibility index (Phi) is 7.48. The number of nitrogens with zero attached hydrogens (tertiary/aromatic N) is 2. The summed E-state index contributed by atoms with van der Waals surface area (Å²) in [4.78, 5) is 31.5. The Bertz CT molecular complexity index is 1080. The molecule has 3 aromatic rings. The van der Waals surface area contributed by atoms with Gasteiger partial charge in [-0.1, -0.05) is 42.5 Å². The van der Waals surface area contributed by atoms with Crippen LogP contribution in [0.3, 0.4) is 0 Å². The van der Waals surface area contributed by atoms with Crippen LogP contribution in [0.2, 0.25) is 0 Å². The second-order valence-corrected chi connectivity index (χ2v) is 9.49. The third-order valence-corrected chi connectivity index (χ3v) is 6.92. The molecule has 2 aromatic carbocycles. The minimum Gasteiger partial charge on any atom is -0.361 e. The Hall–Kier alpha value is -3.08. The van der Waals surface area contributed by atoms with Crippen LogP contribution in [0.15, 0.2) is 54.7 Å². The Morgan fingerprint density at radius 1 is 0.939 bits per heavy atom. The van der Waals surface area contributed by atoms with Crippen LogP contribution in [0.25, 0.3) is 10.9 Å². The molecular weight excluding hydrogens is 410 g/mol. The number of likely N-dealkylation sites (tertiary alicyclic amines) is 1. The van der Waals surface area contributed by atoms with E-state index in [-0.39, 0.29) is 11.8 Å².